The number of alkyl halides is 1. The van der Waals surface area contributed by atoms with E-state index in [0.717, 1.165) is 0 Å². The zero-order valence-electron chi connectivity index (χ0n) is 11.5. The summed E-state index contributed by atoms with van der Waals surface area (Å²) in [6.45, 7) is 2.27. The fraction of sp³-hybridized carbons (Fsp3) is 0.357. The van der Waals surface area contributed by atoms with Crippen LogP contribution in [0.25, 0.3) is 0 Å². The fourth-order valence-electron chi connectivity index (χ4n) is 1.82. The fourth-order valence-corrected chi connectivity index (χ4v) is 2.06. The molecule has 0 spiro atoms. The molecule has 1 atom stereocenters. The minimum atomic E-state index is -1.63. The Balaban J connectivity index is 2.27. The van der Waals surface area contributed by atoms with Crippen LogP contribution in [0.5, 0.6) is 0 Å². The number of fused-ring (bicyclic) bond motifs is 1. The van der Waals surface area contributed by atoms with Crippen molar-refractivity contribution in [3.05, 3.63) is 40.3 Å². The standard InChI is InChI=1S/C14H14ClFN2O3/c1-14(2,21)8(16)6-18-11-9(15)13(20)10-7(12(11)19)4-3-5-17-10/h3-5,8,18,21H,6H2,1-2H3/t8-/m1/s1. The molecule has 0 amide bonds. The molecule has 7 heteroatoms. The second kappa shape index (κ2) is 5.54. The topological polar surface area (TPSA) is 79.3 Å². The van der Waals surface area contributed by atoms with E-state index in [0.29, 0.717) is 0 Å². The average Bonchev–Trinajstić information content (AvgIpc) is 2.43. The highest BCUT2D eigenvalue weighted by atomic mass is 35.5. The molecule has 2 N–H and O–H groups in total. The lowest BCUT2D eigenvalue weighted by atomic mass is 9.96. The van der Waals surface area contributed by atoms with Crippen molar-refractivity contribution < 1.29 is 19.1 Å². The van der Waals surface area contributed by atoms with Gasteiger partial charge in [-0.1, -0.05) is 11.6 Å². The van der Waals surface area contributed by atoms with Crippen molar-refractivity contribution in [2.75, 3.05) is 6.54 Å². The van der Waals surface area contributed by atoms with Crippen molar-refractivity contribution in [2.24, 2.45) is 0 Å². The van der Waals surface area contributed by atoms with Gasteiger partial charge in [0.1, 0.15) is 22.6 Å². The number of carbonyl (C=O) groups excluding carboxylic acids is 2. The van der Waals surface area contributed by atoms with Gasteiger partial charge in [-0.05, 0) is 26.0 Å². The Bertz CT molecular complexity index is 637. The Morgan fingerprint density at radius 1 is 1.43 bits per heavy atom. The molecule has 0 unspecified atom stereocenters. The van der Waals surface area contributed by atoms with Gasteiger partial charge in [-0.3, -0.25) is 14.6 Å². The smallest absolute Gasteiger partial charge is 0.225 e. The molecule has 0 saturated heterocycles. The Morgan fingerprint density at radius 2 is 2.10 bits per heavy atom. The number of aliphatic hydroxyl groups is 1. The van der Waals surface area contributed by atoms with Gasteiger partial charge in [-0.25, -0.2) is 4.39 Å². The highest BCUT2D eigenvalue weighted by Crippen LogP contribution is 2.26. The summed E-state index contributed by atoms with van der Waals surface area (Å²) in [4.78, 5) is 28.1. The molecule has 1 aromatic heterocycles. The third kappa shape index (κ3) is 2.96. The highest BCUT2D eigenvalue weighted by molar-refractivity contribution is 6.49. The van der Waals surface area contributed by atoms with Crippen LogP contribution in [-0.4, -0.2) is 40.0 Å². The van der Waals surface area contributed by atoms with Gasteiger partial charge in [0.15, 0.2) is 0 Å². The van der Waals surface area contributed by atoms with Gasteiger partial charge >= 0.3 is 0 Å². The van der Waals surface area contributed by atoms with Gasteiger partial charge in [0.25, 0.3) is 0 Å². The first kappa shape index (κ1) is 15.6. The molecule has 1 aromatic rings. The van der Waals surface area contributed by atoms with Crippen LogP contribution in [0.15, 0.2) is 29.1 Å². The van der Waals surface area contributed by atoms with Crippen molar-refractivity contribution in [3.8, 4) is 0 Å². The molecule has 1 heterocycles. The Hall–Kier alpha value is -1.79. The third-order valence-corrected chi connectivity index (χ3v) is 3.50. The summed E-state index contributed by atoms with van der Waals surface area (Å²) in [6.07, 6.45) is -0.244. The number of rotatable bonds is 4. The van der Waals surface area contributed by atoms with E-state index in [1.807, 2.05) is 0 Å². The summed E-state index contributed by atoms with van der Waals surface area (Å²) in [7, 11) is 0. The third-order valence-electron chi connectivity index (χ3n) is 3.14. The predicted molar refractivity (Wildman–Crippen MR) is 75.0 cm³/mol. The van der Waals surface area contributed by atoms with Crippen molar-refractivity contribution in [1.82, 2.24) is 10.3 Å². The Morgan fingerprint density at radius 3 is 2.71 bits per heavy atom. The van der Waals surface area contributed by atoms with Crippen LogP contribution in [0.2, 0.25) is 0 Å². The minimum absolute atomic E-state index is 0.0164. The van der Waals surface area contributed by atoms with Crippen LogP contribution in [0.3, 0.4) is 0 Å². The molecule has 0 fully saturated rings. The van der Waals surface area contributed by atoms with Gasteiger partial charge in [0, 0.05) is 12.7 Å². The molecule has 21 heavy (non-hydrogen) atoms. The summed E-state index contributed by atoms with van der Waals surface area (Å²) in [5, 5.41) is 11.7. The molecule has 0 aromatic carbocycles. The second-order valence-electron chi connectivity index (χ2n) is 5.25. The first-order valence-electron chi connectivity index (χ1n) is 6.28. The lowest BCUT2D eigenvalue weighted by Crippen LogP contribution is -2.42. The predicted octanol–water partition coefficient (Wildman–Crippen LogP) is 1.61. The van der Waals surface area contributed by atoms with E-state index in [2.05, 4.69) is 10.3 Å². The van der Waals surface area contributed by atoms with E-state index in [9.17, 15) is 19.1 Å². The lowest BCUT2D eigenvalue weighted by molar-refractivity contribution is -0.00133. The maximum atomic E-state index is 13.7. The van der Waals surface area contributed by atoms with Gasteiger partial charge in [-0.2, -0.15) is 0 Å². The number of hydrogen-bond donors (Lipinski definition) is 2. The summed E-state index contributed by atoms with van der Waals surface area (Å²) in [5.41, 5.74) is -1.64. The molecule has 112 valence electrons. The number of halogens is 2. The van der Waals surface area contributed by atoms with E-state index in [1.54, 1.807) is 0 Å². The first-order chi connectivity index (χ1) is 9.73. The number of pyridine rings is 1. The van der Waals surface area contributed by atoms with Gasteiger partial charge in [0.2, 0.25) is 11.6 Å². The number of carbonyl (C=O) groups is 2. The van der Waals surface area contributed by atoms with E-state index < -0.39 is 23.3 Å². The Kier molecular flexibility index (Phi) is 4.11. The number of aromatic nitrogens is 1. The number of hydrogen-bond acceptors (Lipinski definition) is 5. The maximum absolute atomic E-state index is 13.7. The molecule has 0 aliphatic heterocycles. The van der Waals surface area contributed by atoms with Crippen molar-refractivity contribution in [1.29, 1.82) is 0 Å². The molecule has 1 aliphatic carbocycles. The lowest BCUT2D eigenvalue weighted by Gasteiger charge is -2.24. The number of allylic oxidation sites excluding steroid dienone is 2. The van der Waals surface area contributed by atoms with Crippen LogP contribution in [-0.2, 0) is 0 Å². The van der Waals surface area contributed by atoms with Crippen LogP contribution in [0.4, 0.5) is 4.39 Å². The molecule has 0 saturated carbocycles. The van der Waals surface area contributed by atoms with Crippen LogP contribution >= 0.6 is 11.6 Å². The summed E-state index contributed by atoms with van der Waals surface area (Å²) >= 11 is 5.88. The Labute approximate surface area is 125 Å². The zero-order valence-corrected chi connectivity index (χ0v) is 12.2. The molecular formula is C14H14ClFN2O3. The minimum Gasteiger partial charge on any atom is -0.387 e. The van der Waals surface area contributed by atoms with Gasteiger partial charge < -0.3 is 10.4 Å². The first-order valence-corrected chi connectivity index (χ1v) is 6.65. The monoisotopic (exact) mass is 312 g/mol. The van der Waals surface area contributed by atoms with E-state index >= 15 is 0 Å². The van der Waals surface area contributed by atoms with E-state index in [4.69, 9.17) is 11.6 Å². The quantitative estimate of drug-likeness (QED) is 0.883. The van der Waals surface area contributed by atoms with Crippen LogP contribution in [0, 0.1) is 0 Å². The average molecular weight is 313 g/mol. The summed E-state index contributed by atoms with van der Waals surface area (Å²) in [5.74, 6) is -1.11. The van der Waals surface area contributed by atoms with Gasteiger partial charge in [0.05, 0.1) is 11.2 Å². The van der Waals surface area contributed by atoms with Gasteiger partial charge in [-0.15, -0.1) is 0 Å². The molecule has 1 aliphatic rings. The van der Waals surface area contributed by atoms with Crippen LogP contribution in [0.1, 0.15) is 34.7 Å². The summed E-state index contributed by atoms with van der Waals surface area (Å²) < 4.78 is 13.7. The normalized spacial score (nSPS) is 16.8. The number of nitrogens with zero attached hydrogens (tertiary/aromatic N) is 1. The number of ketones is 2. The van der Waals surface area contributed by atoms with Crippen molar-refractivity contribution in [2.45, 2.75) is 25.6 Å². The van der Waals surface area contributed by atoms with Crippen LogP contribution < -0.4 is 5.32 Å². The SMILES string of the molecule is CC(C)(O)[C@H](F)CNC1=C(Cl)C(=O)c2ncccc2C1=O. The summed E-state index contributed by atoms with van der Waals surface area (Å²) in [6, 6.07) is 2.98. The van der Waals surface area contributed by atoms with Crippen molar-refractivity contribution >= 4 is 23.2 Å². The largest absolute Gasteiger partial charge is 0.387 e. The van der Waals surface area contributed by atoms with Crippen molar-refractivity contribution in [3.63, 3.8) is 0 Å². The van der Waals surface area contributed by atoms with E-state index in [1.165, 1.54) is 32.2 Å². The molecule has 2 rings (SSSR count). The highest BCUT2D eigenvalue weighted by Gasteiger charge is 2.34. The molecule has 0 radical (unpaired) electrons. The molecule has 0 bridgehead atoms. The number of Topliss-reactive ketones (excluding diaryl/α,β-unsaturated/α-hetero) is 2. The molecule has 5 nitrogen and oxygen atoms in total. The second-order valence-corrected chi connectivity index (χ2v) is 5.63. The molecular weight excluding hydrogens is 299 g/mol. The maximum Gasteiger partial charge on any atom is 0.225 e. The van der Waals surface area contributed by atoms with E-state index in [-0.39, 0.29) is 28.5 Å². The number of nitrogens with one attached hydrogen (secondary N) is 1. The zero-order chi connectivity index (χ0) is 15.8.